The Morgan fingerprint density at radius 1 is 0.900 bits per heavy atom. The van der Waals surface area contributed by atoms with Crippen molar-refractivity contribution in [2.24, 2.45) is 0 Å². The van der Waals surface area contributed by atoms with Crippen LogP contribution >= 0.6 is 7.26 Å². The molecule has 1 heteroatoms. The molecule has 0 atom stereocenters. The number of hydrogen-bond donors (Lipinski definition) is 0. The van der Waals surface area contributed by atoms with Crippen LogP contribution in [0.3, 0.4) is 0 Å². The molecule has 0 aromatic carbocycles. The molecule has 0 spiro atoms. The van der Waals surface area contributed by atoms with Crippen LogP contribution in [0.1, 0.15) is 33.1 Å². The fraction of sp³-hybridized carbons (Fsp3) is 1.00. The molecular weight excluding hydrogens is 139 g/mol. The summed E-state index contributed by atoms with van der Waals surface area (Å²) in [6.45, 7) is 4.84. The summed E-state index contributed by atoms with van der Waals surface area (Å²) in [4.78, 5) is 0. The molecule has 0 saturated carbocycles. The van der Waals surface area contributed by atoms with Crippen LogP contribution in [0.2, 0.25) is 0 Å². The van der Waals surface area contributed by atoms with Gasteiger partial charge in [0.05, 0.1) is 0 Å². The molecule has 0 aromatic heterocycles. The van der Waals surface area contributed by atoms with Gasteiger partial charge in [0, 0.05) is 0 Å². The van der Waals surface area contributed by atoms with Crippen LogP contribution < -0.4 is 0 Å². The fourth-order valence-corrected chi connectivity index (χ4v) is 6.42. The maximum absolute atomic E-state index is 2.42. The molecule has 0 nitrogen and oxygen atoms in total. The zero-order chi connectivity index (χ0) is 7.45. The Bertz CT molecular complexity index is 86.9. The third kappa shape index (κ3) is 1.72. The predicted molar refractivity (Wildman–Crippen MR) is 53.0 cm³/mol. The topological polar surface area (TPSA) is 0 Å². The van der Waals surface area contributed by atoms with E-state index < -0.39 is 7.26 Å². The van der Waals surface area contributed by atoms with E-state index in [4.69, 9.17) is 0 Å². The van der Waals surface area contributed by atoms with Gasteiger partial charge in [-0.1, -0.05) is 0 Å². The first-order valence-electron chi connectivity index (χ1n) is 4.83. The average molecular weight is 160 g/mol. The molecule has 1 saturated heterocycles. The van der Waals surface area contributed by atoms with Crippen LogP contribution in [-0.4, -0.2) is 24.6 Å². The Labute approximate surface area is 65.7 Å². The van der Waals surface area contributed by atoms with E-state index in [2.05, 4.69) is 13.8 Å². The second kappa shape index (κ2) is 3.72. The molecule has 0 unspecified atom stereocenters. The van der Waals surface area contributed by atoms with Gasteiger partial charge in [0.15, 0.2) is 0 Å². The molecule has 10 heavy (non-hydrogen) atoms. The van der Waals surface area contributed by atoms with E-state index in [9.17, 15) is 0 Å². The second-order valence-electron chi connectivity index (χ2n) is 3.77. The van der Waals surface area contributed by atoms with Gasteiger partial charge in [-0.3, -0.25) is 0 Å². The molecule has 0 N–H and O–H groups in total. The summed E-state index contributed by atoms with van der Waals surface area (Å²) in [5.41, 5.74) is 0. The van der Waals surface area contributed by atoms with Gasteiger partial charge in [-0.25, -0.2) is 0 Å². The van der Waals surface area contributed by atoms with Crippen molar-refractivity contribution in [2.75, 3.05) is 24.6 Å². The number of rotatable bonds is 2. The Hall–Kier alpha value is 0.430. The van der Waals surface area contributed by atoms with Crippen molar-refractivity contribution in [2.45, 2.75) is 33.1 Å². The first-order valence-corrected chi connectivity index (χ1v) is 7.66. The Morgan fingerprint density at radius 3 is 1.70 bits per heavy atom. The summed E-state index contributed by atoms with van der Waals surface area (Å²) in [6, 6.07) is 0. The van der Waals surface area contributed by atoms with E-state index in [1.165, 1.54) is 6.42 Å². The summed E-state index contributed by atoms with van der Waals surface area (Å²) in [5, 5.41) is 0. The molecule has 1 aliphatic heterocycles. The van der Waals surface area contributed by atoms with Gasteiger partial charge >= 0.3 is 65.0 Å². The van der Waals surface area contributed by atoms with E-state index in [0.29, 0.717) is 0 Å². The summed E-state index contributed by atoms with van der Waals surface area (Å²) in [7, 11) is -0.631. The zero-order valence-electron chi connectivity index (χ0n) is 7.45. The van der Waals surface area contributed by atoms with Crippen LogP contribution in [0.4, 0.5) is 0 Å². The van der Waals surface area contributed by atoms with Crippen LogP contribution in [-0.2, 0) is 0 Å². The molecule has 1 fully saturated rings. The predicted octanol–water partition coefficient (Wildman–Crippen LogP) is 2.96. The van der Waals surface area contributed by atoms with Crippen molar-refractivity contribution in [3.63, 3.8) is 0 Å². The van der Waals surface area contributed by atoms with Crippen molar-refractivity contribution in [3.8, 4) is 0 Å². The van der Waals surface area contributed by atoms with E-state index in [1.54, 1.807) is 37.5 Å². The van der Waals surface area contributed by atoms with E-state index in [1.807, 2.05) is 0 Å². The van der Waals surface area contributed by atoms with Crippen molar-refractivity contribution in [1.82, 2.24) is 0 Å². The van der Waals surface area contributed by atoms with E-state index >= 15 is 0 Å². The normalized spacial score (nSPS) is 27.8. The van der Waals surface area contributed by atoms with Gasteiger partial charge in [0.25, 0.3) is 0 Å². The molecule has 1 heterocycles. The SMILES string of the molecule is CC[PH]1(CC)CCCCC1. The maximum atomic E-state index is 2.42. The molecule has 1 aliphatic rings. The Morgan fingerprint density at radius 2 is 1.40 bits per heavy atom. The van der Waals surface area contributed by atoms with Crippen LogP contribution in [0.5, 0.6) is 0 Å². The summed E-state index contributed by atoms with van der Waals surface area (Å²) in [6.07, 6.45) is 11.0. The van der Waals surface area contributed by atoms with Crippen molar-refractivity contribution >= 4 is 7.26 Å². The standard InChI is InChI=1S/C9H21P/c1-3-10(4-2)8-6-5-7-9-10/h10H,3-9H2,1-2H3. The summed E-state index contributed by atoms with van der Waals surface area (Å²) >= 11 is 0. The van der Waals surface area contributed by atoms with Gasteiger partial charge in [-0.05, 0) is 0 Å². The minimum absolute atomic E-state index is 0.631. The van der Waals surface area contributed by atoms with Gasteiger partial charge in [0.2, 0.25) is 0 Å². The molecule has 62 valence electrons. The van der Waals surface area contributed by atoms with E-state index in [-0.39, 0.29) is 0 Å². The average Bonchev–Trinajstić information content (AvgIpc) is 2.06. The van der Waals surface area contributed by atoms with E-state index in [0.717, 1.165) is 0 Å². The number of hydrogen-bond acceptors (Lipinski definition) is 0. The van der Waals surface area contributed by atoms with Crippen LogP contribution in [0.25, 0.3) is 0 Å². The van der Waals surface area contributed by atoms with Gasteiger partial charge in [-0.2, -0.15) is 0 Å². The van der Waals surface area contributed by atoms with Crippen LogP contribution in [0.15, 0.2) is 0 Å². The Kier molecular flexibility index (Phi) is 3.17. The minimum atomic E-state index is -0.631. The zero-order valence-corrected chi connectivity index (χ0v) is 8.45. The molecule has 0 bridgehead atoms. The molecule has 0 aromatic rings. The first-order chi connectivity index (χ1) is 4.83. The second-order valence-corrected chi connectivity index (χ2v) is 9.18. The summed E-state index contributed by atoms with van der Waals surface area (Å²) < 4.78 is 0. The van der Waals surface area contributed by atoms with Crippen molar-refractivity contribution in [3.05, 3.63) is 0 Å². The monoisotopic (exact) mass is 160 g/mol. The van der Waals surface area contributed by atoms with Crippen molar-refractivity contribution < 1.29 is 0 Å². The Balaban J connectivity index is 2.44. The van der Waals surface area contributed by atoms with Gasteiger partial charge in [-0.15, -0.1) is 0 Å². The third-order valence-corrected chi connectivity index (χ3v) is 9.24. The van der Waals surface area contributed by atoms with Gasteiger partial charge < -0.3 is 0 Å². The first kappa shape index (κ1) is 8.53. The molecule has 0 amide bonds. The third-order valence-electron chi connectivity index (χ3n) is 3.41. The molecule has 0 aliphatic carbocycles. The van der Waals surface area contributed by atoms with Crippen molar-refractivity contribution in [1.29, 1.82) is 0 Å². The quantitative estimate of drug-likeness (QED) is 0.545. The molecule has 0 radical (unpaired) electrons. The molecular formula is C9H21P. The van der Waals surface area contributed by atoms with Crippen LogP contribution in [0, 0.1) is 0 Å². The van der Waals surface area contributed by atoms with Gasteiger partial charge in [0.1, 0.15) is 0 Å². The summed E-state index contributed by atoms with van der Waals surface area (Å²) in [5.74, 6) is 0. The fourth-order valence-electron chi connectivity index (χ4n) is 2.26. The molecule has 1 rings (SSSR count).